The summed E-state index contributed by atoms with van der Waals surface area (Å²) >= 11 is 2.93. The van der Waals surface area contributed by atoms with Crippen molar-refractivity contribution in [3.8, 4) is 0 Å². The molecule has 0 radical (unpaired) electrons. The molecule has 1 aromatic carbocycles. The number of benzene rings is 1. The van der Waals surface area contributed by atoms with Crippen molar-refractivity contribution >= 4 is 27.7 Å². The van der Waals surface area contributed by atoms with Crippen molar-refractivity contribution in [2.24, 2.45) is 0 Å². The quantitative estimate of drug-likeness (QED) is 0.863. The van der Waals surface area contributed by atoms with Crippen LogP contribution in [0.5, 0.6) is 0 Å². The number of carbonyl (C=O) groups excluding carboxylic acids is 1. The highest BCUT2D eigenvalue weighted by Gasteiger charge is 2.35. The van der Waals surface area contributed by atoms with Gasteiger partial charge in [0.25, 0.3) is 11.5 Å². The first-order chi connectivity index (χ1) is 9.77. The molecule has 110 valence electrons. The van der Waals surface area contributed by atoms with Gasteiger partial charge in [-0.15, -0.1) is 0 Å². The Morgan fingerprint density at radius 2 is 1.95 bits per heavy atom. The van der Waals surface area contributed by atoms with Gasteiger partial charge in [-0.25, -0.2) is 5.10 Å². The Kier molecular flexibility index (Phi) is 4.12. The van der Waals surface area contributed by atoms with Gasteiger partial charge in [0.1, 0.15) is 0 Å². The number of H-pyrrole nitrogens is 1. The molecule has 0 unspecified atom stereocenters. The number of hydrogen-bond donors (Lipinski definition) is 2. The predicted molar refractivity (Wildman–Crippen MR) is 72.0 cm³/mol. The smallest absolute Gasteiger partial charge is 0.305 e. The van der Waals surface area contributed by atoms with E-state index in [0.717, 1.165) is 18.2 Å². The van der Waals surface area contributed by atoms with Crippen LogP contribution in [0.4, 0.5) is 19.0 Å². The molecule has 2 aromatic rings. The zero-order valence-electron chi connectivity index (χ0n) is 10.2. The topological polar surface area (TPSA) is 74.8 Å². The van der Waals surface area contributed by atoms with Crippen LogP contribution in [0.1, 0.15) is 15.9 Å². The van der Waals surface area contributed by atoms with E-state index in [1.165, 1.54) is 12.1 Å². The molecule has 0 atom stereocenters. The number of hydrogen-bond acceptors (Lipinski definition) is 3. The second kappa shape index (κ2) is 5.68. The summed E-state index contributed by atoms with van der Waals surface area (Å²) in [6.45, 7) is 0. The number of nitrogens with zero attached hydrogens (tertiary/aromatic N) is 1. The van der Waals surface area contributed by atoms with Crippen LogP contribution in [0.25, 0.3) is 0 Å². The number of anilines is 1. The molecule has 9 heteroatoms. The fraction of sp³-hybridized carbons (Fsp3) is 0.0833. The molecule has 1 amide bonds. The third-order valence-corrected chi connectivity index (χ3v) is 2.95. The van der Waals surface area contributed by atoms with E-state index in [1.807, 2.05) is 0 Å². The van der Waals surface area contributed by atoms with Gasteiger partial charge < -0.3 is 5.32 Å². The average molecular weight is 362 g/mol. The predicted octanol–water partition coefficient (Wildman–Crippen LogP) is 2.80. The molecule has 5 nitrogen and oxygen atoms in total. The molecule has 0 fully saturated rings. The molecule has 1 aromatic heterocycles. The maximum Gasteiger partial charge on any atom is 0.417 e. The van der Waals surface area contributed by atoms with Crippen LogP contribution in [0.3, 0.4) is 0 Å². The van der Waals surface area contributed by atoms with Crippen molar-refractivity contribution in [2.75, 3.05) is 5.32 Å². The van der Waals surface area contributed by atoms with E-state index >= 15 is 0 Å². The fourth-order valence-corrected chi connectivity index (χ4v) is 1.91. The largest absolute Gasteiger partial charge is 0.417 e. The lowest BCUT2D eigenvalue weighted by Crippen LogP contribution is -2.20. The van der Waals surface area contributed by atoms with Gasteiger partial charge in [0.05, 0.1) is 11.1 Å². The number of aromatic nitrogens is 2. The molecule has 21 heavy (non-hydrogen) atoms. The molecule has 1 heterocycles. The summed E-state index contributed by atoms with van der Waals surface area (Å²) in [5.74, 6) is -1.04. The van der Waals surface area contributed by atoms with Crippen molar-refractivity contribution in [1.82, 2.24) is 10.2 Å². The fourth-order valence-electron chi connectivity index (χ4n) is 1.55. The lowest BCUT2D eigenvalue weighted by atomic mass is 10.1. The molecule has 0 bridgehead atoms. The van der Waals surface area contributed by atoms with Crippen molar-refractivity contribution in [3.05, 3.63) is 56.3 Å². The summed E-state index contributed by atoms with van der Waals surface area (Å²) in [5, 5.41) is 7.74. The monoisotopic (exact) mass is 361 g/mol. The Bertz CT molecular complexity index is 723. The minimum atomic E-state index is -4.67. The van der Waals surface area contributed by atoms with Crippen LogP contribution < -0.4 is 10.9 Å². The van der Waals surface area contributed by atoms with Gasteiger partial charge in [0.2, 0.25) is 0 Å². The number of carbonyl (C=O) groups is 1. The van der Waals surface area contributed by atoms with Crippen LogP contribution in [0.2, 0.25) is 0 Å². The van der Waals surface area contributed by atoms with Gasteiger partial charge in [-0.1, -0.05) is 15.9 Å². The normalized spacial score (nSPS) is 11.2. The number of amides is 1. The molecule has 0 aliphatic heterocycles. The van der Waals surface area contributed by atoms with Crippen LogP contribution in [0, 0.1) is 0 Å². The average Bonchev–Trinajstić information content (AvgIpc) is 2.40. The number of rotatable bonds is 2. The van der Waals surface area contributed by atoms with Crippen molar-refractivity contribution in [2.45, 2.75) is 6.18 Å². The molecular formula is C12H7BrF3N3O2. The van der Waals surface area contributed by atoms with Gasteiger partial charge in [-0.05, 0) is 24.3 Å². The standard InChI is InChI=1S/C12H7BrF3N3O2/c13-6-1-2-7(8(5-6)12(14,15)16)11(21)17-9-3-4-10(20)19-18-9/h1-5H,(H,19,20)(H,17,18,21). The van der Waals surface area contributed by atoms with E-state index in [4.69, 9.17) is 0 Å². The van der Waals surface area contributed by atoms with Crippen LogP contribution in [0.15, 0.2) is 39.6 Å². The van der Waals surface area contributed by atoms with Crippen LogP contribution in [-0.4, -0.2) is 16.1 Å². The molecule has 0 saturated carbocycles. The molecule has 0 aliphatic rings. The number of aromatic amines is 1. The highest BCUT2D eigenvalue weighted by atomic mass is 79.9. The summed E-state index contributed by atoms with van der Waals surface area (Å²) in [6, 6.07) is 5.46. The Morgan fingerprint density at radius 1 is 1.24 bits per heavy atom. The zero-order valence-corrected chi connectivity index (χ0v) is 11.7. The molecule has 2 rings (SSSR count). The third-order valence-electron chi connectivity index (χ3n) is 2.45. The highest BCUT2D eigenvalue weighted by Crippen LogP contribution is 2.34. The van der Waals surface area contributed by atoms with Gasteiger partial charge in [0.15, 0.2) is 5.82 Å². The van der Waals surface area contributed by atoms with Crippen molar-refractivity contribution in [3.63, 3.8) is 0 Å². The Balaban J connectivity index is 2.35. The van der Waals surface area contributed by atoms with E-state index in [0.29, 0.717) is 0 Å². The second-order valence-electron chi connectivity index (χ2n) is 3.95. The number of alkyl halides is 3. The molecule has 0 saturated heterocycles. The lowest BCUT2D eigenvalue weighted by molar-refractivity contribution is -0.137. The minimum absolute atomic E-state index is 0.0596. The Labute approximate surface area is 124 Å². The van der Waals surface area contributed by atoms with Gasteiger partial charge in [0, 0.05) is 10.5 Å². The molecule has 0 aliphatic carbocycles. The maximum atomic E-state index is 12.9. The molecule has 2 N–H and O–H groups in total. The van der Waals surface area contributed by atoms with Crippen molar-refractivity contribution < 1.29 is 18.0 Å². The lowest BCUT2D eigenvalue weighted by Gasteiger charge is -2.12. The minimum Gasteiger partial charge on any atom is -0.305 e. The SMILES string of the molecule is O=C(Nc1ccc(=O)[nH]n1)c1ccc(Br)cc1C(F)(F)F. The summed E-state index contributed by atoms with van der Waals surface area (Å²) in [5.41, 5.74) is -2.11. The first-order valence-corrected chi connectivity index (χ1v) is 6.30. The van der Waals surface area contributed by atoms with Crippen LogP contribution >= 0.6 is 15.9 Å². The maximum absolute atomic E-state index is 12.9. The van der Waals surface area contributed by atoms with E-state index < -0.39 is 28.8 Å². The van der Waals surface area contributed by atoms with E-state index in [9.17, 15) is 22.8 Å². The molecular weight excluding hydrogens is 355 g/mol. The zero-order chi connectivity index (χ0) is 15.6. The first-order valence-electron chi connectivity index (χ1n) is 5.51. The summed E-state index contributed by atoms with van der Waals surface area (Å²) in [7, 11) is 0. The van der Waals surface area contributed by atoms with E-state index in [-0.39, 0.29) is 10.3 Å². The Hall–Kier alpha value is -2.16. The van der Waals surface area contributed by atoms with E-state index in [2.05, 4.69) is 31.4 Å². The second-order valence-corrected chi connectivity index (χ2v) is 4.86. The summed E-state index contributed by atoms with van der Waals surface area (Å²) < 4.78 is 39.0. The third kappa shape index (κ3) is 3.69. The van der Waals surface area contributed by atoms with E-state index in [1.54, 1.807) is 0 Å². The highest BCUT2D eigenvalue weighted by molar-refractivity contribution is 9.10. The first kappa shape index (κ1) is 15.2. The van der Waals surface area contributed by atoms with Gasteiger partial charge >= 0.3 is 6.18 Å². The number of nitrogens with one attached hydrogen (secondary N) is 2. The van der Waals surface area contributed by atoms with Gasteiger partial charge in [-0.2, -0.15) is 18.3 Å². The number of halogens is 4. The summed E-state index contributed by atoms with van der Waals surface area (Å²) in [4.78, 5) is 22.7. The van der Waals surface area contributed by atoms with Crippen LogP contribution in [-0.2, 0) is 6.18 Å². The molecule has 0 spiro atoms. The van der Waals surface area contributed by atoms with Crippen molar-refractivity contribution in [1.29, 1.82) is 0 Å². The Morgan fingerprint density at radius 3 is 2.52 bits per heavy atom. The summed E-state index contributed by atoms with van der Waals surface area (Å²) in [6.07, 6.45) is -4.67. The van der Waals surface area contributed by atoms with Gasteiger partial charge in [-0.3, -0.25) is 9.59 Å².